The molecule has 2 rings (SSSR count). The normalized spacial score (nSPS) is 21.6. The zero-order valence-corrected chi connectivity index (χ0v) is 12.2. The Morgan fingerprint density at radius 2 is 2.47 bits per heavy atom. The fourth-order valence-corrected chi connectivity index (χ4v) is 3.19. The molecule has 1 fully saturated rings. The van der Waals surface area contributed by atoms with Crippen LogP contribution in [0.15, 0.2) is 11.4 Å². The van der Waals surface area contributed by atoms with Crippen molar-refractivity contribution in [1.29, 1.82) is 5.26 Å². The topological polar surface area (TPSA) is 56.1 Å². The van der Waals surface area contributed by atoms with Gasteiger partial charge in [-0.25, -0.2) is 0 Å². The number of carbonyl (C=O) groups excluding carboxylic acids is 1. The van der Waals surface area contributed by atoms with Gasteiger partial charge >= 0.3 is 0 Å². The standard InChI is InChI=1S/C14H19N3OS/c1-10-4-3-6-17(9-10)11(2)13(18)16-14-12(8-15)5-7-19-14/h5,7,10-11H,3-4,6,9H2,1-2H3,(H,16,18)/t10-,11+/m1/s1. The Morgan fingerprint density at radius 1 is 1.68 bits per heavy atom. The minimum absolute atomic E-state index is 0.0203. The van der Waals surface area contributed by atoms with Gasteiger partial charge in [-0.3, -0.25) is 9.69 Å². The lowest BCUT2D eigenvalue weighted by atomic mass is 9.99. The van der Waals surface area contributed by atoms with E-state index in [1.165, 1.54) is 17.8 Å². The van der Waals surface area contributed by atoms with Crippen LogP contribution in [0.4, 0.5) is 5.00 Å². The fraction of sp³-hybridized carbons (Fsp3) is 0.571. The average molecular weight is 277 g/mol. The van der Waals surface area contributed by atoms with Crippen molar-refractivity contribution in [3.8, 4) is 6.07 Å². The Labute approximate surface area is 118 Å². The molecule has 102 valence electrons. The van der Waals surface area contributed by atoms with Crippen LogP contribution < -0.4 is 5.32 Å². The van der Waals surface area contributed by atoms with Gasteiger partial charge in [-0.05, 0) is 43.7 Å². The van der Waals surface area contributed by atoms with Crippen LogP contribution in [-0.2, 0) is 4.79 Å². The number of hydrogen-bond acceptors (Lipinski definition) is 4. The molecule has 0 saturated carbocycles. The molecule has 19 heavy (non-hydrogen) atoms. The lowest BCUT2D eigenvalue weighted by molar-refractivity contribution is -0.121. The molecule has 1 amide bonds. The third kappa shape index (κ3) is 3.34. The van der Waals surface area contributed by atoms with Crippen LogP contribution in [0.5, 0.6) is 0 Å². The van der Waals surface area contributed by atoms with Gasteiger partial charge in [-0.1, -0.05) is 6.92 Å². The molecule has 1 N–H and O–H groups in total. The monoisotopic (exact) mass is 277 g/mol. The van der Waals surface area contributed by atoms with E-state index in [0.29, 0.717) is 16.5 Å². The molecule has 1 aliphatic heterocycles. The molecular formula is C14H19N3OS. The number of amides is 1. The maximum atomic E-state index is 12.2. The highest BCUT2D eigenvalue weighted by molar-refractivity contribution is 7.14. The highest BCUT2D eigenvalue weighted by Crippen LogP contribution is 2.23. The van der Waals surface area contributed by atoms with Gasteiger partial charge in [0.2, 0.25) is 5.91 Å². The summed E-state index contributed by atoms with van der Waals surface area (Å²) < 4.78 is 0. The number of hydrogen-bond donors (Lipinski definition) is 1. The van der Waals surface area contributed by atoms with Crippen molar-refractivity contribution >= 4 is 22.2 Å². The second kappa shape index (κ2) is 6.18. The molecule has 0 unspecified atom stereocenters. The molecule has 0 aliphatic carbocycles. The van der Waals surface area contributed by atoms with E-state index in [4.69, 9.17) is 5.26 Å². The first-order valence-electron chi connectivity index (χ1n) is 6.64. The molecule has 1 aromatic heterocycles. The van der Waals surface area contributed by atoms with Gasteiger partial charge in [0.25, 0.3) is 0 Å². The lowest BCUT2D eigenvalue weighted by Gasteiger charge is -2.34. The smallest absolute Gasteiger partial charge is 0.242 e. The zero-order chi connectivity index (χ0) is 13.8. The first kappa shape index (κ1) is 14.0. The number of nitrogens with zero attached hydrogens (tertiary/aromatic N) is 2. The Hall–Kier alpha value is -1.38. The van der Waals surface area contributed by atoms with Crippen LogP contribution in [0.1, 0.15) is 32.3 Å². The molecule has 2 heterocycles. The largest absolute Gasteiger partial charge is 0.315 e. The Bertz CT molecular complexity index is 491. The fourth-order valence-electron chi connectivity index (χ4n) is 2.45. The number of rotatable bonds is 3. The molecule has 0 spiro atoms. The number of nitriles is 1. The third-order valence-corrected chi connectivity index (χ3v) is 4.47. The van der Waals surface area contributed by atoms with E-state index in [9.17, 15) is 4.79 Å². The van der Waals surface area contributed by atoms with Gasteiger partial charge in [-0.2, -0.15) is 5.26 Å². The summed E-state index contributed by atoms with van der Waals surface area (Å²) in [6.07, 6.45) is 2.40. The van der Waals surface area contributed by atoms with Gasteiger partial charge in [0.05, 0.1) is 11.6 Å². The van der Waals surface area contributed by atoms with Crippen molar-refractivity contribution in [2.24, 2.45) is 5.92 Å². The molecule has 4 nitrogen and oxygen atoms in total. The zero-order valence-electron chi connectivity index (χ0n) is 11.3. The van der Waals surface area contributed by atoms with Gasteiger partial charge < -0.3 is 5.32 Å². The average Bonchev–Trinajstić information content (AvgIpc) is 2.85. The van der Waals surface area contributed by atoms with E-state index in [-0.39, 0.29) is 11.9 Å². The summed E-state index contributed by atoms with van der Waals surface area (Å²) in [6, 6.07) is 3.68. The second-order valence-corrected chi connectivity index (χ2v) is 6.10. The predicted molar refractivity (Wildman–Crippen MR) is 77.1 cm³/mol. The molecule has 1 aromatic rings. The molecule has 1 saturated heterocycles. The van der Waals surface area contributed by atoms with Crippen LogP contribution in [0.3, 0.4) is 0 Å². The summed E-state index contributed by atoms with van der Waals surface area (Å²) >= 11 is 1.39. The van der Waals surface area contributed by atoms with Crippen molar-refractivity contribution in [3.05, 3.63) is 17.0 Å². The van der Waals surface area contributed by atoms with Crippen LogP contribution >= 0.6 is 11.3 Å². The lowest BCUT2D eigenvalue weighted by Crippen LogP contribution is -2.46. The maximum Gasteiger partial charge on any atom is 0.242 e. The first-order chi connectivity index (χ1) is 9.11. The number of thiophene rings is 1. The Balaban J connectivity index is 1.98. The van der Waals surface area contributed by atoms with Crippen LogP contribution in [-0.4, -0.2) is 29.9 Å². The second-order valence-electron chi connectivity index (χ2n) is 5.18. The van der Waals surface area contributed by atoms with Gasteiger partial charge in [0.15, 0.2) is 0 Å². The van der Waals surface area contributed by atoms with E-state index in [0.717, 1.165) is 19.5 Å². The van der Waals surface area contributed by atoms with Crippen molar-refractivity contribution < 1.29 is 4.79 Å². The summed E-state index contributed by atoms with van der Waals surface area (Å²) in [5.41, 5.74) is 0.539. The summed E-state index contributed by atoms with van der Waals surface area (Å²) in [7, 11) is 0. The minimum Gasteiger partial charge on any atom is -0.315 e. The molecule has 0 bridgehead atoms. The molecule has 2 atom stereocenters. The Kier molecular flexibility index (Phi) is 4.56. The molecule has 0 aromatic carbocycles. The number of likely N-dealkylation sites (tertiary alicyclic amines) is 1. The Morgan fingerprint density at radius 3 is 3.16 bits per heavy atom. The molecule has 5 heteroatoms. The van der Waals surface area contributed by atoms with Crippen LogP contribution in [0.25, 0.3) is 0 Å². The van der Waals surface area contributed by atoms with Gasteiger partial charge in [-0.15, -0.1) is 11.3 Å². The maximum absolute atomic E-state index is 12.2. The van der Waals surface area contributed by atoms with Gasteiger partial charge in [0, 0.05) is 6.54 Å². The summed E-state index contributed by atoms with van der Waals surface area (Å²) in [6.45, 7) is 6.12. The van der Waals surface area contributed by atoms with Crippen LogP contribution in [0, 0.1) is 17.2 Å². The quantitative estimate of drug-likeness (QED) is 0.924. The van der Waals surface area contributed by atoms with E-state index in [1.54, 1.807) is 6.07 Å². The third-order valence-electron chi connectivity index (χ3n) is 3.64. The molecule has 0 radical (unpaired) electrons. The van der Waals surface area contributed by atoms with E-state index in [1.807, 2.05) is 12.3 Å². The first-order valence-corrected chi connectivity index (χ1v) is 7.52. The van der Waals surface area contributed by atoms with E-state index < -0.39 is 0 Å². The molecular weight excluding hydrogens is 258 g/mol. The number of nitrogens with one attached hydrogen (secondary N) is 1. The van der Waals surface area contributed by atoms with E-state index >= 15 is 0 Å². The highest BCUT2D eigenvalue weighted by Gasteiger charge is 2.26. The summed E-state index contributed by atoms with van der Waals surface area (Å²) in [5, 5.41) is 14.3. The van der Waals surface area contributed by atoms with E-state index in [2.05, 4.69) is 23.2 Å². The molecule has 1 aliphatic rings. The van der Waals surface area contributed by atoms with Crippen molar-refractivity contribution in [2.45, 2.75) is 32.7 Å². The van der Waals surface area contributed by atoms with Gasteiger partial charge in [0.1, 0.15) is 11.1 Å². The highest BCUT2D eigenvalue weighted by atomic mass is 32.1. The van der Waals surface area contributed by atoms with Crippen LogP contribution in [0.2, 0.25) is 0 Å². The van der Waals surface area contributed by atoms with Crippen molar-refractivity contribution in [3.63, 3.8) is 0 Å². The number of carbonyl (C=O) groups is 1. The number of anilines is 1. The van der Waals surface area contributed by atoms with Crippen molar-refractivity contribution in [2.75, 3.05) is 18.4 Å². The van der Waals surface area contributed by atoms with Crippen molar-refractivity contribution in [1.82, 2.24) is 4.90 Å². The minimum atomic E-state index is -0.142. The number of piperidine rings is 1. The predicted octanol–water partition coefficient (Wildman–Crippen LogP) is 2.68. The SMILES string of the molecule is C[C@@H]1CCCN([C@@H](C)C(=O)Nc2sccc2C#N)C1. The summed E-state index contributed by atoms with van der Waals surface area (Å²) in [5.74, 6) is 0.633. The summed E-state index contributed by atoms with van der Waals surface area (Å²) in [4.78, 5) is 14.5.